The third kappa shape index (κ3) is 2.63. The Morgan fingerprint density at radius 3 is 2.63 bits per heavy atom. The molecule has 0 bridgehead atoms. The second-order valence-corrected chi connectivity index (χ2v) is 5.16. The number of urea groups is 1. The van der Waals surface area contributed by atoms with E-state index in [-0.39, 0.29) is 17.6 Å². The number of imide groups is 1. The highest BCUT2D eigenvalue weighted by Crippen LogP contribution is 2.20. The fraction of sp³-hybridized carbons (Fsp3) is 0.333. The molecule has 19 heavy (non-hydrogen) atoms. The van der Waals surface area contributed by atoms with Gasteiger partial charge in [-0.2, -0.15) is 0 Å². The monoisotopic (exact) mass is 285 g/mol. The molecule has 2 rings (SSSR count). The summed E-state index contributed by atoms with van der Waals surface area (Å²) in [5, 5.41) is 5.38. The molecule has 0 aliphatic carbocycles. The van der Waals surface area contributed by atoms with Gasteiger partial charge in [-0.3, -0.25) is 4.79 Å². The predicted molar refractivity (Wildman–Crippen MR) is 69.4 cm³/mol. The second-order valence-electron chi connectivity index (χ2n) is 4.75. The van der Waals surface area contributed by atoms with E-state index >= 15 is 0 Å². The predicted octanol–water partition coefficient (Wildman–Crippen LogP) is 2.18. The molecule has 0 unspecified atom stereocenters. The highest BCUT2D eigenvalue weighted by Gasteiger charge is 2.43. The molecule has 0 atom stereocenters. The van der Waals surface area contributed by atoms with Crippen molar-refractivity contribution >= 4 is 29.2 Å². The number of rotatable bonds is 3. The summed E-state index contributed by atoms with van der Waals surface area (Å²) in [5.74, 6) is -0.846. The Hall–Kier alpha value is -1.82. The minimum Gasteiger partial charge on any atom is -0.367 e. The van der Waals surface area contributed by atoms with Gasteiger partial charge in [-0.05, 0) is 32.0 Å². The Morgan fingerprint density at radius 2 is 2.11 bits per heavy atom. The number of hydrogen-bond acceptors (Lipinski definition) is 3. The Balaban J connectivity index is 2.05. The number of anilines is 1. The van der Waals surface area contributed by atoms with E-state index in [2.05, 4.69) is 10.6 Å². The van der Waals surface area contributed by atoms with Gasteiger partial charge in [0.1, 0.15) is 11.4 Å². The van der Waals surface area contributed by atoms with E-state index in [4.69, 9.17) is 11.6 Å². The fourth-order valence-corrected chi connectivity index (χ4v) is 1.92. The van der Waals surface area contributed by atoms with Crippen molar-refractivity contribution in [2.75, 3.05) is 12.0 Å². The van der Waals surface area contributed by atoms with Gasteiger partial charge in [-0.25, -0.2) is 14.1 Å². The summed E-state index contributed by atoms with van der Waals surface area (Å²) >= 11 is 5.64. The van der Waals surface area contributed by atoms with Crippen LogP contribution in [0.1, 0.15) is 13.8 Å². The lowest BCUT2D eigenvalue weighted by Gasteiger charge is -2.17. The van der Waals surface area contributed by atoms with Crippen LogP contribution in [-0.2, 0) is 4.79 Å². The Morgan fingerprint density at radius 1 is 1.42 bits per heavy atom. The van der Waals surface area contributed by atoms with Crippen molar-refractivity contribution in [3.05, 3.63) is 29.0 Å². The maximum atomic E-state index is 13.0. The fourth-order valence-electron chi connectivity index (χ4n) is 1.74. The summed E-state index contributed by atoms with van der Waals surface area (Å²) in [4.78, 5) is 24.6. The molecule has 1 aliphatic heterocycles. The average molecular weight is 286 g/mol. The van der Waals surface area contributed by atoms with Crippen LogP contribution in [0.2, 0.25) is 5.02 Å². The molecule has 0 spiro atoms. The quantitative estimate of drug-likeness (QED) is 0.837. The van der Waals surface area contributed by atoms with Crippen LogP contribution in [0.3, 0.4) is 0 Å². The number of carbonyl (C=O) groups is 2. The van der Waals surface area contributed by atoms with Gasteiger partial charge in [-0.1, -0.05) is 11.6 Å². The van der Waals surface area contributed by atoms with Gasteiger partial charge in [0.25, 0.3) is 5.91 Å². The van der Waals surface area contributed by atoms with E-state index < -0.39 is 17.4 Å². The minimum absolute atomic E-state index is 0.00391. The molecule has 7 heteroatoms. The molecule has 5 nitrogen and oxygen atoms in total. The lowest BCUT2D eigenvalue weighted by Crippen LogP contribution is -2.41. The molecule has 1 heterocycles. The number of nitrogens with zero attached hydrogens (tertiary/aromatic N) is 1. The minimum atomic E-state index is -0.904. The van der Waals surface area contributed by atoms with Crippen LogP contribution in [0.5, 0.6) is 0 Å². The molecule has 3 amide bonds. The number of hydrogen-bond donors (Lipinski definition) is 2. The first-order valence-corrected chi connectivity index (χ1v) is 6.02. The van der Waals surface area contributed by atoms with Crippen LogP contribution in [0.4, 0.5) is 14.9 Å². The van der Waals surface area contributed by atoms with E-state index in [9.17, 15) is 14.0 Å². The van der Waals surface area contributed by atoms with Gasteiger partial charge in [0, 0.05) is 5.69 Å². The molecule has 102 valence electrons. The van der Waals surface area contributed by atoms with Crippen LogP contribution in [0, 0.1) is 5.82 Å². The van der Waals surface area contributed by atoms with Crippen LogP contribution in [0.25, 0.3) is 0 Å². The number of amides is 3. The standard InChI is InChI=1S/C12H13ClFN3O2/c1-12(2)10(18)17(11(19)16-12)6-15-7-3-4-9(14)8(13)5-7/h3-5,15H,6H2,1-2H3,(H,16,19). The number of carbonyl (C=O) groups excluding carboxylic acids is 2. The maximum Gasteiger partial charge on any atom is 0.326 e. The molecule has 1 fully saturated rings. The normalized spacial score (nSPS) is 17.6. The molecular formula is C12H13ClFN3O2. The summed E-state index contributed by atoms with van der Waals surface area (Å²) in [6.07, 6.45) is 0. The van der Waals surface area contributed by atoms with Crippen molar-refractivity contribution < 1.29 is 14.0 Å². The molecule has 0 saturated carbocycles. The van der Waals surface area contributed by atoms with Crippen LogP contribution in [0.15, 0.2) is 18.2 Å². The van der Waals surface area contributed by atoms with Crippen molar-refractivity contribution in [3.8, 4) is 0 Å². The number of halogens is 2. The molecule has 1 saturated heterocycles. The number of benzene rings is 1. The summed E-state index contributed by atoms with van der Waals surface area (Å²) < 4.78 is 13.0. The third-order valence-corrected chi connectivity index (χ3v) is 3.09. The molecule has 0 radical (unpaired) electrons. The van der Waals surface area contributed by atoms with Crippen LogP contribution >= 0.6 is 11.6 Å². The van der Waals surface area contributed by atoms with Gasteiger partial charge >= 0.3 is 6.03 Å². The first-order valence-electron chi connectivity index (χ1n) is 5.64. The maximum absolute atomic E-state index is 13.0. The SMILES string of the molecule is CC1(C)NC(=O)N(CNc2ccc(F)c(Cl)c2)C1=O. The molecule has 1 aromatic carbocycles. The Bertz CT molecular complexity index is 548. The number of nitrogens with one attached hydrogen (secondary N) is 2. The smallest absolute Gasteiger partial charge is 0.326 e. The van der Waals surface area contributed by atoms with Gasteiger partial charge in [-0.15, -0.1) is 0 Å². The van der Waals surface area contributed by atoms with E-state index in [1.807, 2.05) is 0 Å². The Labute approximate surface area is 114 Å². The first-order chi connectivity index (χ1) is 8.81. The first kappa shape index (κ1) is 13.6. The zero-order valence-corrected chi connectivity index (χ0v) is 11.2. The molecular weight excluding hydrogens is 273 g/mol. The highest BCUT2D eigenvalue weighted by atomic mass is 35.5. The average Bonchev–Trinajstić information content (AvgIpc) is 2.51. The van der Waals surface area contributed by atoms with Gasteiger partial charge in [0.15, 0.2) is 0 Å². The summed E-state index contributed by atoms with van der Waals surface area (Å²) in [6.45, 7) is 3.25. The van der Waals surface area contributed by atoms with Crippen molar-refractivity contribution in [2.24, 2.45) is 0 Å². The van der Waals surface area contributed by atoms with Crippen LogP contribution in [-0.4, -0.2) is 29.0 Å². The van der Waals surface area contributed by atoms with Crippen molar-refractivity contribution in [1.82, 2.24) is 10.2 Å². The zero-order chi connectivity index (χ0) is 14.2. The molecule has 1 aliphatic rings. The summed E-state index contributed by atoms with van der Waals surface area (Å²) in [6, 6.07) is 3.61. The topological polar surface area (TPSA) is 61.4 Å². The van der Waals surface area contributed by atoms with Crippen molar-refractivity contribution in [3.63, 3.8) is 0 Å². The highest BCUT2D eigenvalue weighted by molar-refractivity contribution is 6.31. The summed E-state index contributed by atoms with van der Waals surface area (Å²) in [7, 11) is 0. The van der Waals surface area contributed by atoms with E-state index in [1.165, 1.54) is 18.2 Å². The molecule has 0 aromatic heterocycles. The van der Waals surface area contributed by atoms with E-state index in [0.717, 1.165) is 4.90 Å². The lowest BCUT2D eigenvalue weighted by atomic mass is 10.1. The largest absolute Gasteiger partial charge is 0.367 e. The summed E-state index contributed by atoms with van der Waals surface area (Å²) in [5.41, 5.74) is -0.379. The second kappa shape index (κ2) is 4.70. The zero-order valence-electron chi connectivity index (χ0n) is 10.5. The van der Waals surface area contributed by atoms with Gasteiger partial charge < -0.3 is 10.6 Å². The van der Waals surface area contributed by atoms with Gasteiger partial charge in [0.05, 0.1) is 11.7 Å². The third-order valence-electron chi connectivity index (χ3n) is 2.81. The van der Waals surface area contributed by atoms with Gasteiger partial charge in [0.2, 0.25) is 0 Å². The molecule has 1 aromatic rings. The van der Waals surface area contributed by atoms with E-state index in [1.54, 1.807) is 13.8 Å². The van der Waals surface area contributed by atoms with Crippen LogP contribution < -0.4 is 10.6 Å². The van der Waals surface area contributed by atoms with Crippen molar-refractivity contribution in [1.29, 1.82) is 0 Å². The van der Waals surface area contributed by atoms with E-state index in [0.29, 0.717) is 5.69 Å². The molecule has 2 N–H and O–H groups in total. The lowest BCUT2D eigenvalue weighted by molar-refractivity contribution is -0.129. The van der Waals surface area contributed by atoms with Crippen molar-refractivity contribution in [2.45, 2.75) is 19.4 Å². The Kier molecular flexibility index (Phi) is 3.36.